The molecule has 0 radical (unpaired) electrons. The molecule has 0 bridgehead atoms. The van der Waals surface area contributed by atoms with Gasteiger partial charge in [-0.2, -0.15) is 5.10 Å². The van der Waals surface area contributed by atoms with Gasteiger partial charge in [-0.1, -0.05) is 12.1 Å². The molecule has 3 atom stereocenters. The highest BCUT2D eigenvalue weighted by molar-refractivity contribution is 5.82. The highest BCUT2D eigenvalue weighted by Crippen LogP contribution is 2.47. The quantitative estimate of drug-likeness (QED) is 0.663. The first kappa shape index (κ1) is 16.3. The lowest BCUT2D eigenvalue weighted by Gasteiger charge is -2.41. The fraction of sp³-hybridized carbons (Fsp3) is 0.412. The minimum atomic E-state index is -1.27. The SMILES string of the molecule is CC(=O)[C@@H]1[C@@H](c2cccc([N+](=O)[O-])c2)c2c(n[nH]c2C)C[C@]1(C)O. The third kappa shape index (κ3) is 2.50. The molecule has 0 unspecified atom stereocenters. The molecule has 0 fully saturated rings. The number of Topliss-reactive ketones (excluding diaryl/α,β-unsaturated/α-hetero) is 1. The van der Waals surface area contributed by atoms with Crippen LogP contribution in [0, 0.1) is 23.0 Å². The van der Waals surface area contributed by atoms with Gasteiger partial charge in [-0.25, -0.2) is 0 Å². The van der Waals surface area contributed by atoms with Crippen molar-refractivity contribution >= 4 is 11.5 Å². The van der Waals surface area contributed by atoms with Crippen LogP contribution < -0.4 is 0 Å². The average molecular weight is 329 g/mol. The molecule has 2 N–H and O–H groups in total. The fourth-order valence-electron chi connectivity index (χ4n) is 3.87. The van der Waals surface area contributed by atoms with Crippen LogP contribution in [0.2, 0.25) is 0 Å². The van der Waals surface area contributed by atoms with Crippen molar-refractivity contribution in [1.82, 2.24) is 10.2 Å². The Hall–Kier alpha value is -2.54. The molecular formula is C17H19N3O4. The van der Waals surface area contributed by atoms with Crippen molar-refractivity contribution in [3.05, 3.63) is 56.9 Å². The maximum absolute atomic E-state index is 12.3. The van der Waals surface area contributed by atoms with Crippen molar-refractivity contribution in [2.75, 3.05) is 0 Å². The molecular weight excluding hydrogens is 310 g/mol. The number of nitrogens with zero attached hydrogens (tertiary/aromatic N) is 2. The van der Waals surface area contributed by atoms with Gasteiger partial charge in [0.2, 0.25) is 0 Å². The van der Waals surface area contributed by atoms with Crippen LogP contribution in [0.5, 0.6) is 0 Å². The van der Waals surface area contributed by atoms with Gasteiger partial charge in [0.05, 0.1) is 22.1 Å². The van der Waals surface area contributed by atoms with Crippen molar-refractivity contribution in [2.24, 2.45) is 5.92 Å². The van der Waals surface area contributed by atoms with Crippen molar-refractivity contribution in [3.8, 4) is 0 Å². The highest BCUT2D eigenvalue weighted by Gasteiger charge is 2.48. The number of aliphatic hydroxyl groups is 1. The first-order valence-electron chi connectivity index (χ1n) is 7.73. The molecule has 0 amide bonds. The van der Waals surface area contributed by atoms with Crippen molar-refractivity contribution in [2.45, 2.75) is 38.7 Å². The van der Waals surface area contributed by atoms with E-state index < -0.39 is 22.4 Å². The molecule has 3 rings (SSSR count). The second-order valence-corrected chi connectivity index (χ2v) is 6.66. The summed E-state index contributed by atoms with van der Waals surface area (Å²) in [4.78, 5) is 23.0. The van der Waals surface area contributed by atoms with Gasteiger partial charge in [0.15, 0.2) is 0 Å². The summed E-state index contributed by atoms with van der Waals surface area (Å²) >= 11 is 0. The first-order chi connectivity index (χ1) is 11.2. The number of carbonyl (C=O) groups excluding carboxylic acids is 1. The van der Waals surface area contributed by atoms with E-state index in [1.54, 1.807) is 19.1 Å². The minimum Gasteiger partial charge on any atom is -0.389 e. The zero-order valence-electron chi connectivity index (χ0n) is 13.7. The maximum atomic E-state index is 12.3. The van der Waals surface area contributed by atoms with Crippen LogP contribution in [0.25, 0.3) is 0 Å². The largest absolute Gasteiger partial charge is 0.389 e. The summed E-state index contributed by atoms with van der Waals surface area (Å²) < 4.78 is 0. The Balaban J connectivity index is 2.24. The molecule has 0 aliphatic heterocycles. The molecule has 1 aliphatic carbocycles. The smallest absolute Gasteiger partial charge is 0.269 e. The van der Waals surface area contributed by atoms with Crippen molar-refractivity contribution in [1.29, 1.82) is 0 Å². The lowest BCUT2D eigenvalue weighted by molar-refractivity contribution is -0.384. The molecule has 1 aliphatic rings. The van der Waals surface area contributed by atoms with Crippen LogP contribution >= 0.6 is 0 Å². The second kappa shape index (κ2) is 5.52. The zero-order chi connectivity index (χ0) is 17.6. The molecule has 2 aromatic rings. The average Bonchev–Trinajstić information content (AvgIpc) is 2.85. The van der Waals surface area contributed by atoms with Gasteiger partial charge in [0, 0.05) is 35.7 Å². The predicted octanol–water partition coefficient (Wildman–Crippen LogP) is 2.27. The minimum absolute atomic E-state index is 0.0392. The van der Waals surface area contributed by atoms with Crippen LogP contribution in [0.1, 0.15) is 42.3 Å². The number of aromatic amines is 1. The normalized spacial score (nSPS) is 26.0. The van der Waals surface area contributed by atoms with E-state index in [1.807, 2.05) is 6.92 Å². The summed E-state index contributed by atoms with van der Waals surface area (Å²) in [5, 5.41) is 29.1. The molecule has 0 saturated carbocycles. The Morgan fingerprint density at radius 1 is 1.50 bits per heavy atom. The monoisotopic (exact) mass is 329 g/mol. The summed E-state index contributed by atoms with van der Waals surface area (Å²) in [6.07, 6.45) is 0.266. The van der Waals surface area contributed by atoms with E-state index >= 15 is 0 Å². The molecule has 0 spiro atoms. The molecule has 1 heterocycles. The molecule has 24 heavy (non-hydrogen) atoms. The van der Waals surface area contributed by atoms with E-state index in [1.165, 1.54) is 19.1 Å². The zero-order valence-corrected chi connectivity index (χ0v) is 13.7. The van der Waals surface area contributed by atoms with Gasteiger partial charge >= 0.3 is 0 Å². The predicted molar refractivity (Wildman–Crippen MR) is 86.8 cm³/mol. The Morgan fingerprint density at radius 2 is 2.21 bits per heavy atom. The van der Waals surface area contributed by atoms with E-state index in [0.29, 0.717) is 11.3 Å². The van der Waals surface area contributed by atoms with Gasteiger partial charge in [-0.15, -0.1) is 0 Å². The topological polar surface area (TPSA) is 109 Å². The summed E-state index contributed by atoms with van der Waals surface area (Å²) in [6, 6.07) is 6.24. The number of nitro groups is 1. The van der Waals surface area contributed by atoms with Gasteiger partial charge < -0.3 is 5.11 Å². The number of fused-ring (bicyclic) bond motifs is 1. The number of benzene rings is 1. The highest BCUT2D eigenvalue weighted by atomic mass is 16.6. The lowest BCUT2D eigenvalue weighted by Crippen LogP contribution is -2.48. The molecule has 0 saturated heterocycles. The number of nitrogens with one attached hydrogen (secondary N) is 1. The number of ketones is 1. The number of hydrogen-bond donors (Lipinski definition) is 2. The van der Waals surface area contributed by atoms with Gasteiger partial charge in [0.25, 0.3) is 5.69 Å². The summed E-state index contributed by atoms with van der Waals surface area (Å²) in [6.45, 7) is 4.92. The number of rotatable bonds is 3. The Bertz CT molecular complexity index is 825. The molecule has 1 aromatic heterocycles. The van der Waals surface area contributed by atoms with Crippen molar-refractivity contribution < 1.29 is 14.8 Å². The van der Waals surface area contributed by atoms with Crippen LogP contribution in [-0.4, -0.2) is 31.6 Å². The third-order valence-electron chi connectivity index (χ3n) is 4.79. The first-order valence-corrected chi connectivity index (χ1v) is 7.73. The summed E-state index contributed by atoms with van der Waals surface area (Å²) in [5.74, 6) is -1.31. The van der Waals surface area contributed by atoms with E-state index in [2.05, 4.69) is 10.2 Å². The number of H-pyrrole nitrogens is 1. The van der Waals surface area contributed by atoms with Crippen LogP contribution in [-0.2, 0) is 11.2 Å². The molecule has 126 valence electrons. The van der Waals surface area contributed by atoms with Crippen molar-refractivity contribution in [3.63, 3.8) is 0 Å². The second-order valence-electron chi connectivity index (χ2n) is 6.66. The summed E-state index contributed by atoms with van der Waals surface area (Å²) in [5.41, 5.74) is 1.69. The number of hydrogen-bond acceptors (Lipinski definition) is 5. The van der Waals surface area contributed by atoms with Crippen LogP contribution in [0.4, 0.5) is 5.69 Å². The number of carbonyl (C=O) groups is 1. The molecule has 1 aromatic carbocycles. The van der Waals surface area contributed by atoms with E-state index in [-0.39, 0.29) is 17.9 Å². The number of nitro benzene ring substituents is 1. The van der Waals surface area contributed by atoms with Crippen LogP contribution in [0.15, 0.2) is 24.3 Å². The van der Waals surface area contributed by atoms with Gasteiger partial charge in [-0.05, 0) is 26.3 Å². The number of non-ortho nitro benzene ring substituents is 1. The van der Waals surface area contributed by atoms with Gasteiger partial charge in [-0.3, -0.25) is 20.0 Å². The maximum Gasteiger partial charge on any atom is 0.269 e. The number of aryl methyl sites for hydroxylation is 1. The standard InChI is InChI=1S/C17H19N3O4/c1-9-14-13(19-18-9)8-17(3,22)16(10(2)21)15(14)11-5-4-6-12(7-11)20(23)24/h4-7,15-16,22H,8H2,1-3H3,(H,18,19)/t15-,16+,17-/m0/s1. The Kier molecular flexibility index (Phi) is 3.76. The molecule has 7 heteroatoms. The Morgan fingerprint density at radius 3 is 2.83 bits per heavy atom. The summed E-state index contributed by atoms with van der Waals surface area (Å²) in [7, 11) is 0. The van der Waals surface area contributed by atoms with E-state index in [4.69, 9.17) is 0 Å². The van der Waals surface area contributed by atoms with Crippen LogP contribution in [0.3, 0.4) is 0 Å². The lowest BCUT2D eigenvalue weighted by atomic mass is 9.64. The third-order valence-corrected chi connectivity index (χ3v) is 4.79. The van der Waals surface area contributed by atoms with E-state index in [9.17, 15) is 20.0 Å². The number of aromatic nitrogens is 2. The fourth-order valence-corrected chi connectivity index (χ4v) is 3.87. The molecule has 7 nitrogen and oxygen atoms in total. The Labute approximate surface area is 138 Å². The van der Waals surface area contributed by atoms with E-state index in [0.717, 1.165) is 11.3 Å². The van der Waals surface area contributed by atoms with Gasteiger partial charge in [0.1, 0.15) is 5.78 Å².